The van der Waals surface area contributed by atoms with Crippen LogP contribution in [0.15, 0.2) is 18.2 Å². The van der Waals surface area contributed by atoms with Crippen molar-refractivity contribution in [2.24, 2.45) is 0 Å². The highest BCUT2D eigenvalue weighted by atomic mass is 35.5. The number of fused-ring (bicyclic) bond motifs is 3. The summed E-state index contributed by atoms with van der Waals surface area (Å²) in [5, 5.41) is 9.20. The molecule has 1 aromatic heterocycles. The number of aromatic nitrogens is 1. The van der Waals surface area contributed by atoms with Gasteiger partial charge in [-0.05, 0) is 18.6 Å². The van der Waals surface area contributed by atoms with Crippen LogP contribution in [0.1, 0.15) is 18.2 Å². The Balaban J connectivity index is 0.000000298. The van der Waals surface area contributed by atoms with Crippen molar-refractivity contribution in [2.75, 3.05) is 26.3 Å². The number of H-pyrrole nitrogens is 1. The molecule has 2 heterocycles. The molecule has 0 amide bonds. The highest BCUT2D eigenvalue weighted by molar-refractivity contribution is 6.35. The fourth-order valence-corrected chi connectivity index (χ4v) is 3.01. The Morgan fingerprint density at radius 2 is 2.12 bits per heavy atom. The second-order valence-electron chi connectivity index (χ2n) is 5.77. The molecule has 9 heteroatoms. The van der Waals surface area contributed by atoms with E-state index in [1.807, 2.05) is 19.1 Å². The highest BCUT2D eigenvalue weighted by Gasteiger charge is 2.38. The molecule has 1 aromatic carbocycles. The molecule has 0 aliphatic carbocycles. The number of benzene rings is 1. The van der Waals surface area contributed by atoms with E-state index in [1.54, 1.807) is 0 Å². The Bertz CT molecular complexity index is 762. The van der Waals surface area contributed by atoms with Gasteiger partial charge in [0.15, 0.2) is 0 Å². The predicted molar refractivity (Wildman–Crippen MR) is 92.5 cm³/mol. The number of carboxylic acids is 1. The molecular formula is C17H20ClF3N2O3. The Labute approximate surface area is 153 Å². The van der Waals surface area contributed by atoms with Crippen molar-refractivity contribution in [3.8, 4) is 0 Å². The number of hydrogen-bond acceptors (Lipinski definition) is 3. The van der Waals surface area contributed by atoms with Crippen LogP contribution in [-0.4, -0.2) is 53.4 Å². The number of carboxylic acid groups (broad SMARTS) is 1. The van der Waals surface area contributed by atoms with Crippen molar-refractivity contribution in [1.29, 1.82) is 0 Å². The number of nitrogens with one attached hydrogen (secondary N) is 1. The summed E-state index contributed by atoms with van der Waals surface area (Å²) in [5.41, 5.74) is 3.83. The number of aromatic amines is 1. The minimum Gasteiger partial charge on any atom is -0.475 e. The van der Waals surface area contributed by atoms with Crippen LogP contribution in [0.3, 0.4) is 0 Å². The SMILES string of the molecule is CCOCCN1CCc2[nH]c3c(Cl)cccc3c2C1.O=C(O)C(F)(F)F. The monoisotopic (exact) mass is 392 g/mol. The quantitative estimate of drug-likeness (QED) is 0.776. The third-order valence-electron chi connectivity index (χ3n) is 4.04. The second-order valence-corrected chi connectivity index (χ2v) is 6.18. The number of para-hydroxylation sites is 1. The van der Waals surface area contributed by atoms with Crippen LogP contribution in [0, 0.1) is 0 Å². The first kappa shape index (κ1) is 20.5. The molecule has 5 nitrogen and oxygen atoms in total. The first-order chi connectivity index (χ1) is 12.2. The zero-order chi connectivity index (χ0) is 19.3. The largest absolute Gasteiger partial charge is 0.490 e. The molecule has 0 bridgehead atoms. The molecule has 0 radical (unpaired) electrons. The fraction of sp³-hybridized carbons (Fsp3) is 0.471. The smallest absolute Gasteiger partial charge is 0.475 e. The predicted octanol–water partition coefficient (Wildman–Crippen LogP) is 3.85. The number of rotatable bonds is 4. The van der Waals surface area contributed by atoms with Gasteiger partial charge in [0, 0.05) is 43.7 Å². The maximum atomic E-state index is 10.6. The van der Waals surface area contributed by atoms with Crippen LogP contribution in [0.2, 0.25) is 5.02 Å². The molecule has 26 heavy (non-hydrogen) atoms. The summed E-state index contributed by atoms with van der Waals surface area (Å²) in [5.74, 6) is -2.76. The van der Waals surface area contributed by atoms with Crippen LogP contribution in [0.5, 0.6) is 0 Å². The molecule has 0 unspecified atom stereocenters. The van der Waals surface area contributed by atoms with E-state index >= 15 is 0 Å². The summed E-state index contributed by atoms with van der Waals surface area (Å²) in [6.07, 6.45) is -4.02. The number of halogens is 4. The van der Waals surface area contributed by atoms with Gasteiger partial charge in [-0.25, -0.2) is 4.79 Å². The zero-order valence-electron chi connectivity index (χ0n) is 14.2. The van der Waals surface area contributed by atoms with Gasteiger partial charge >= 0.3 is 12.1 Å². The maximum Gasteiger partial charge on any atom is 0.490 e. The number of carbonyl (C=O) groups is 1. The first-order valence-corrected chi connectivity index (χ1v) is 8.50. The van der Waals surface area contributed by atoms with Crippen molar-refractivity contribution in [1.82, 2.24) is 9.88 Å². The van der Waals surface area contributed by atoms with Gasteiger partial charge in [0.05, 0.1) is 17.1 Å². The topological polar surface area (TPSA) is 65.6 Å². The van der Waals surface area contributed by atoms with Gasteiger partial charge in [0.2, 0.25) is 0 Å². The molecule has 2 aromatic rings. The van der Waals surface area contributed by atoms with Crippen molar-refractivity contribution in [3.63, 3.8) is 0 Å². The molecular weight excluding hydrogens is 373 g/mol. The Kier molecular flexibility index (Phi) is 6.91. The molecule has 144 valence electrons. The van der Waals surface area contributed by atoms with Crippen LogP contribution in [0.4, 0.5) is 13.2 Å². The lowest BCUT2D eigenvalue weighted by molar-refractivity contribution is -0.192. The lowest BCUT2D eigenvalue weighted by atomic mass is 10.0. The van der Waals surface area contributed by atoms with Crippen LogP contribution < -0.4 is 0 Å². The van der Waals surface area contributed by atoms with Gasteiger partial charge in [0.25, 0.3) is 0 Å². The van der Waals surface area contributed by atoms with Crippen LogP contribution in [-0.2, 0) is 22.5 Å². The fourth-order valence-electron chi connectivity index (χ4n) is 2.79. The molecule has 0 fully saturated rings. The lowest BCUT2D eigenvalue weighted by Gasteiger charge is -2.26. The summed E-state index contributed by atoms with van der Waals surface area (Å²) in [4.78, 5) is 14.8. The normalized spacial score (nSPS) is 14.7. The van der Waals surface area contributed by atoms with E-state index in [9.17, 15) is 13.2 Å². The number of aliphatic carboxylic acids is 1. The van der Waals surface area contributed by atoms with Gasteiger partial charge in [-0.3, -0.25) is 4.90 Å². The molecule has 1 aliphatic heterocycles. The summed E-state index contributed by atoms with van der Waals surface area (Å²) in [7, 11) is 0. The van der Waals surface area contributed by atoms with E-state index in [0.717, 1.165) is 49.8 Å². The van der Waals surface area contributed by atoms with Crippen LogP contribution >= 0.6 is 11.6 Å². The highest BCUT2D eigenvalue weighted by Crippen LogP contribution is 2.31. The van der Waals surface area contributed by atoms with Gasteiger partial charge in [-0.15, -0.1) is 0 Å². The summed E-state index contributed by atoms with van der Waals surface area (Å²) < 4.78 is 37.2. The van der Waals surface area contributed by atoms with E-state index < -0.39 is 12.1 Å². The minimum absolute atomic E-state index is 0.793. The van der Waals surface area contributed by atoms with Crippen molar-refractivity contribution in [3.05, 3.63) is 34.5 Å². The molecule has 0 spiro atoms. The Hall–Kier alpha value is -1.77. The van der Waals surface area contributed by atoms with Crippen molar-refractivity contribution in [2.45, 2.75) is 26.1 Å². The molecule has 3 rings (SSSR count). The van der Waals surface area contributed by atoms with Gasteiger partial charge in [-0.2, -0.15) is 13.2 Å². The number of hydrogen-bond donors (Lipinski definition) is 2. The maximum absolute atomic E-state index is 10.6. The third kappa shape index (κ3) is 5.12. The summed E-state index contributed by atoms with van der Waals surface area (Å²) in [6.45, 7) is 6.72. The molecule has 2 N–H and O–H groups in total. The first-order valence-electron chi connectivity index (χ1n) is 8.12. The number of alkyl halides is 3. The van der Waals surface area contributed by atoms with Crippen molar-refractivity contribution >= 4 is 28.5 Å². The summed E-state index contributed by atoms with van der Waals surface area (Å²) >= 11 is 6.25. The number of nitrogens with zero attached hydrogens (tertiary/aromatic N) is 1. The van der Waals surface area contributed by atoms with E-state index in [2.05, 4.69) is 16.0 Å². The van der Waals surface area contributed by atoms with E-state index in [4.69, 9.17) is 26.2 Å². The number of ether oxygens (including phenoxy) is 1. The lowest BCUT2D eigenvalue weighted by Crippen LogP contribution is -2.33. The average molecular weight is 393 g/mol. The second kappa shape index (κ2) is 8.75. The van der Waals surface area contributed by atoms with E-state index in [-0.39, 0.29) is 0 Å². The average Bonchev–Trinajstić information content (AvgIpc) is 2.94. The standard InChI is InChI=1S/C15H19ClN2O.C2HF3O2/c1-2-19-9-8-18-7-6-14-12(10-18)11-4-3-5-13(16)15(11)17-14;3-2(4,5)1(6)7/h3-5,17H,2,6-10H2,1H3;(H,6,7). The van der Waals surface area contributed by atoms with Gasteiger partial charge in [0.1, 0.15) is 0 Å². The van der Waals surface area contributed by atoms with Gasteiger partial charge < -0.3 is 14.8 Å². The molecule has 0 saturated heterocycles. The zero-order valence-corrected chi connectivity index (χ0v) is 15.0. The molecule has 0 saturated carbocycles. The molecule has 0 atom stereocenters. The van der Waals surface area contributed by atoms with Crippen molar-refractivity contribution < 1.29 is 27.8 Å². The third-order valence-corrected chi connectivity index (χ3v) is 4.35. The molecule has 1 aliphatic rings. The van der Waals surface area contributed by atoms with Gasteiger partial charge in [-0.1, -0.05) is 23.7 Å². The van der Waals surface area contributed by atoms with E-state index in [0.29, 0.717) is 0 Å². The minimum atomic E-state index is -5.08. The van der Waals surface area contributed by atoms with Crippen LogP contribution in [0.25, 0.3) is 10.9 Å². The van der Waals surface area contributed by atoms with E-state index in [1.165, 1.54) is 16.6 Å². The Morgan fingerprint density at radius 3 is 2.73 bits per heavy atom. The Morgan fingerprint density at radius 1 is 1.42 bits per heavy atom. The summed E-state index contributed by atoms with van der Waals surface area (Å²) in [6, 6.07) is 6.12.